The molecule has 0 bridgehead atoms. The number of amides is 1. The summed E-state index contributed by atoms with van der Waals surface area (Å²) >= 11 is 0. The molecule has 22 heavy (non-hydrogen) atoms. The third-order valence-corrected chi connectivity index (χ3v) is 3.92. The van der Waals surface area contributed by atoms with Crippen LogP contribution in [0, 0.1) is 0 Å². The molecule has 1 heterocycles. The normalized spacial score (nSPS) is 11.1. The molecule has 1 rings (SSSR count). The first-order chi connectivity index (χ1) is 10.5. The van der Waals surface area contributed by atoms with Crippen LogP contribution >= 0.6 is 0 Å². The fraction of sp³-hybridized carbons (Fsp3) is 0.625. The van der Waals surface area contributed by atoms with Crippen LogP contribution in [0.5, 0.6) is 5.75 Å². The molecule has 1 amide bonds. The van der Waals surface area contributed by atoms with Crippen molar-refractivity contribution in [2.75, 3.05) is 20.2 Å². The summed E-state index contributed by atoms with van der Waals surface area (Å²) in [5.74, 6) is 0.652. The molecule has 1 aromatic rings. The van der Waals surface area contributed by atoms with Crippen molar-refractivity contribution in [3.05, 3.63) is 24.0 Å². The van der Waals surface area contributed by atoms with E-state index in [1.54, 1.807) is 19.4 Å². The molecule has 0 aliphatic rings. The highest BCUT2D eigenvalue weighted by Gasteiger charge is 2.26. The van der Waals surface area contributed by atoms with Crippen molar-refractivity contribution < 1.29 is 14.3 Å². The lowest BCUT2D eigenvalue weighted by Crippen LogP contribution is -2.38. The average Bonchev–Trinajstić information content (AvgIpc) is 2.54. The predicted molar refractivity (Wildman–Crippen MR) is 85.7 cm³/mol. The Balaban J connectivity index is 2.45. The largest absolute Gasteiger partial charge is 0.490 e. The predicted octanol–water partition coefficient (Wildman–Crippen LogP) is 2.57. The van der Waals surface area contributed by atoms with Crippen molar-refractivity contribution in [1.82, 2.24) is 9.88 Å². The van der Waals surface area contributed by atoms with Gasteiger partial charge in [-0.1, -0.05) is 13.8 Å². The van der Waals surface area contributed by atoms with Crippen molar-refractivity contribution in [2.24, 2.45) is 5.73 Å². The van der Waals surface area contributed by atoms with Crippen LogP contribution in [0.4, 0.5) is 4.79 Å². The highest BCUT2D eigenvalue weighted by atomic mass is 16.6. The van der Waals surface area contributed by atoms with E-state index in [0.29, 0.717) is 25.4 Å². The second kappa shape index (κ2) is 8.58. The number of hydrogen-bond acceptors (Lipinski definition) is 5. The molecule has 2 N–H and O–H groups in total. The lowest BCUT2D eigenvalue weighted by Gasteiger charge is -2.29. The summed E-state index contributed by atoms with van der Waals surface area (Å²) in [6.45, 7) is 7.15. The van der Waals surface area contributed by atoms with Gasteiger partial charge in [-0.05, 0) is 25.8 Å². The molecule has 0 radical (unpaired) electrons. The summed E-state index contributed by atoms with van der Waals surface area (Å²) in [6.07, 6.45) is 4.55. The van der Waals surface area contributed by atoms with Gasteiger partial charge in [-0.15, -0.1) is 0 Å². The van der Waals surface area contributed by atoms with Crippen molar-refractivity contribution in [1.29, 1.82) is 0 Å². The molecule has 0 saturated heterocycles. The Morgan fingerprint density at radius 3 is 2.68 bits per heavy atom. The van der Waals surface area contributed by atoms with Gasteiger partial charge in [-0.2, -0.15) is 0 Å². The quantitative estimate of drug-likeness (QED) is 0.798. The maximum Gasteiger partial charge on any atom is 0.410 e. The minimum Gasteiger partial charge on any atom is -0.490 e. The molecule has 124 valence electrons. The highest BCUT2D eigenvalue weighted by molar-refractivity contribution is 5.67. The number of nitrogens with zero attached hydrogens (tertiary/aromatic N) is 2. The fourth-order valence-corrected chi connectivity index (χ4v) is 1.77. The first kappa shape index (κ1) is 18.2. The van der Waals surface area contributed by atoms with E-state index in [9.17, 15) is 4.79 Å². The van der Waals surface area contributed by atoms with E-state index >= 15 is 0 Å². The summed E-state index contributed by atoms with van der Waals surface area (Å²) in [6, 6.07) is 1.82. The van der Waals surface area contributed by atoms with E-state index in [0.717, 1.165) is 18.4 Å². The number of aromatic nitrogens is 1. The number of nitrogens with two attached hydrogens (primary N) is 1. The molecule has 0 atom stereocenters. The molecule has 0 spiro atoms. The van der Waals surface area contributed by atoms with Crippen molar-refractivity contribution in [2.45, 2.75) is 45.8 Å². The fourth-order valence-electron chi connectivity index (χ4n) is 1.77. The Labute approximate surface area is 132 Å². The maximum absolute atomic E-state index is 12.1. The summed E-state index contributed by atoms with van der Waals surface area (Å²) in [7, 11) is 1.70. The number of likely N-dealkylation sites (N-methyl/N-ethyl adjacent to an activating group) is 1. The Hall–Kier alpha value is -1.82. The summed E-state index contributed by atoms with van der Waals surface area (Å²) in [4.78, 5) is 17.6. The topological polar surface area (TPSA) is 77.7 Å². The van der Waals surface area contributed by atoms with E-state index in [1.807, 2.05) is 26.8 Å². The van der Waals surface area contributed by atoms with E-state index in [1.165, 1.54) is 4.90 Å². The zero-order chi connectivity index (χ0) is 16.6. The van der Waals surface area contributed by atoms with Crippen LogP contribution in [0.1, 0.15) is 39.2 Å². The van der Waals surface area contributed by atoms with Gasteiger partial charge in [0.15, 0.2) is 0 Å². The summed E-state index contributed by atoms with van der Waals surface area (Å²) in [5, 5.41) is 0. The average molecular weight is 309 g/mol. The molecular formula is C16H27N3O3. The van der Waals surface area contributed by atoms with Crippen molar-refractivity contribution >= 4 is 6.09 Å². The van der Waals surface area contributed by atoms with Crippen molar-refractivity contribution in [3.8, 4) is 5.75 Å². The molecule has 0 aromatic carbocycles. The molecule has 6 heteroatoms. The highest BCUT2D eigenvalue weighted by Crippen LogP contribution is 2.20. The van der Waals surface area contributed by atoms with Gasteiger partial charge in [0.25, 0.3) is 0 Å². The summed E-state index contributed by atoms with van der Waals surface area (Å²) < 4.78 is 11.2. The second-order valence-electron chi connectivity index (χ2n) is 5.48. The van der Waals surface area contributed by atoms with E-state index in [4.69, 9.17) is 15.2 Å². The van der Waals surface area contributed by atoms with Gasteiger partial charge < -0.3 is 20.1 Å². The molecule has 0 aliphatic carbocycles. The SMILES string of the molecule is CCC(C)(CC)OC(=O)N(C)CCOc1cnccc1CN. The van der Waals surface area contributed by atoms with Gasteiger partial charge in [-0.3, -0.25) is 4.98 Å². The maximum atomic E-state index is 12.1. The van der Waals surface area contributed by atoms with Gasteiger partial charge in [0.05, 0.1) is 12.7 Å². The standard InChI is InChI=1S/C16H27N3O3/c1-5-16(3,6-2)22-15(20)19(4)9-10-21-14-12-18-8-7-13(14)11-17/h7-8,12H,5-6,9-11,17H2,1-4H3. The first-order valence-corrected chi connectivity index (χ1v) is 7.65. The van der Waals surface area contributed by atoms with Crippen LogP contribution in [-0.2, 0) is 11.3 Å². The Kier molecular flexibility index (Phi) is 7.11. The zero-order valence-electron chi connectivity index (χ0n) is 14.0. The molecule has 6 nitrogen and oxygen atoms in total. The Morgan fingerprint density at radius 1 is 1.41 bits per heavy atom. The Bertz CT molecular complexity index is 475. The van der Waals surface area contributed by atoms with Gasteiger partial charge in [0.2, 0.25) is 0 Å². The molecule has 0 saturated carbocycles. The Morgan fingerprint density at radius 2 is 2.09 bits per heavy atom. The number of carbonyl (C=O) groups excluding carboxylic acids is 1. The zero-order valence-corrected chi connectivity index (χ0v) is 14.0. The number of ether oxygens (including phenoxy) is 2. The van der Waals surface area contributed by atoms with Crippen LogP contribution in [0.3, 0.4) is 0 Å². The summed E-state index contributed by atoms with van der Waals surface area (Å²) in [5.41, 5.74) is 6.12. The third-order valence-electron chi connectivity index (χ3n) is 3.92. The van der Waals surface area contributed by atoms with Gasteiger partial charge >= 0.3 is 6.09 Å². The van der Waals surface area contributed by atoms with Gasteiger partial charge in [0, 0.05) is 25.4 Å². The molecule has 0 unspecified atom stereocenters. The van der Waals surface area contributed by atoms with Crippen LogP contribution in [0.15, 0.2) is 18.5 Å². The van der Waals surface area contributed by atoms with E-state index in [2.05, 4.69) is 4.98 Å². The molecule has 0 aliphatic heterocycles. The molecule has 0 fully saturated rings. The van der Waals surface area contributed by atoms with Crippen molar-refractivity contribution in [3.63, 3.8) is 0 Å². The number of hydrogen-bond donors (Lipinski definition) is 1. The number of pyridine rings is 1. The van der Waals surface area contributed by atoms with E-state index in [-0.39, 0.29) is 6.09 Å². The molecular weight excluding hydrogens is 282 g/mol. The molecule has 1 aromatic heterocycles. The number of rotatable bonds is 8. The first-order valence-electron chi connectivity index (χ1n) is 7.65. The van der Waals surface area contributed by atoms with Gasteiger partial charge in [-0.25, -0.2) is 4.79 Å². The minimum atomic E-state index is -0.414. The van der Waals surface area contributed by atoms with E-state index < -0.39 is 5.60 Å². The van der Waals surface area contributed by atoms with Crippen LogP contribution in [0.25, 0.3) is 0 Å². The van der Waals surface area contributed by atoms with Crippen LogP contribution < -0.4 is 10.5 Å². The second-order valence-corrected chi connectivity index (χ2v) is 5.48. The smallest absolute Gasteiger partial charge is 0.410 e. The minimum absolute atomic E-state index is 0.333. The van der Waals surface area contributed by atoms with Crippen LogP contribution in [0.2, 0.25) is 0 Å². The van der Waals surface area contributed by atoms with Crippen LogP contribution in [-0.4, -0.2) is 41.8 Å². The lowest BCUT2D eigenvalue weighted by atomic mass is 10.0. The monoisotopic (exact) mass is 309 g/mol. The number of carbonyl (C=O) groups is 1. The van der Waals surface area contributed by atoms with Gasteiger partial charge in [0.1, 0.15) is 18.0 Å². The lowest BCUT2D eigenvalue weighted by molar-refractivity contribution is -0.000631. The third kappa shape index (κ3) is 5.18.